The summed E-state index contributed by atoms with van der Waals surface area (Å²) in [6.07, 6.45) is 4.23. The molecule has 0 aliphatic rings. The van der Waals surface area contributed by atoms with Crippen LogP contribution in [0.5, 0.6) is 0 Å². The van der Waals surface area contributed by atoms with Gasteiger partial charge in [0.05, 0.1) is 5.56 Å². The molecule has 0 atom stereocenters. The maximum atomic E-state index is 8.96. The Morgan fingerprint density at radius 2 is 2.29 bits per heavy atom. The number of pyridine rings is 2. The van der Waals surface area contributed by atoms with Crippen molar-refractivity contribution in [3.8, 4) is 17.2 Å². The summed E-state index contributed by atoms with van der Waals surface area (Å²) in [6, 6.07) is 7.61. The third kappa shape index (κ3) is 2.27. The van der Waals surface area contributed by atoms with E-state index >= 15 is 0 Å². The van der Waals surface area contributed by atoms with E-state index in [1.807, 2.05) is 25.1 Å². The Balaban J connectivity index is 2.65. The Labute approximate surface area is 105 Å². The van der Waals surface area contributed by atoms with Gasteiger partial charge in [-0.3, -0.25) is 4.98 Å². The Bertz CT molecular complexity index is 573. The van der Waals surface area contributed by atoms with Crippen molar-refractivity contribution in [3.63, 3.8) is 0 Å². The number of rotatable bonds is 2. The summed E-state index contributed by atoms with van der Waals surface area (Å²) in [7, 11) is 0. The average molecular weight is 244 g/mol. The number of nitriles is 1. The second kappa shape index (κ2) is 4.94. The lowest BCUT2D eigenvalue weighted by Gasteiger charge is -2.08. The van der Waals surface area contributed by atoms with Crippen LogP contribution in [0, 0.1) is 11.3 Å². The minimum atomic E-state index is 0.261. The van der Waals surface area contributed by atoms with Crippen molar-refractivity contribution in [1.29, 1.82) is 5.26 Å². The van der Waals surface area contributed by atoms with Gasteiger partial charge in [-0.2, -0.15) is 5.26 Å². The highest BCUT2D eigenvalue weighted by molar-refractivity contribution is 6.30. The summed E-state index contributed by atoms with van der Waals surface area (Å²) in [5.74, 6) is 0. The zero-order valence-electron chi connectivity index (χ0n) is 9.31. The van der Waals surface area contributed by atoms with Crippen LogP contribution >= 0.6 is 11.6 Å². The summed E-state index contributed by atoms with van der Waals surface area (Å²) in [4.78, 5) is 8.32. The molecule has 3 nitrogen and oxygen atoms in total. The molecule has 2 rings (SSSR count). The van der Waals surface area contributed by atoms with Crippen LogP contribution in [-0.2, 0) is 6.42 Å². The normalized spacial score (nSPS) is 9.94. The molecule has 0 bridgehead atoms. The third-order valence-corrected chi connectivity index (χ3v) is 2.77. The highest BCUT2D eigenvalue weighted by Crippen LogP contribution is 2.26. The molecule has 2 aromatic rings. The van der Waals surface area contributed by atoms with Crippen LogP contribution in [-0.4, -0.2) is 9.97 Å². The molecule has 0 saturated carbocycles. The standard InChI is InChI=1S/C13H10ClN3/c1-2-12-11(9-4-3-5-16-8-9)6-10(7-15)13(14)17-12/h3-6,8H,2H2,1H3. The molecule has 0 aromatic carbocycles. The molecule has 0 fully saturated rings. The maximum Gasteiger partial charge on any atom is 0.147 e. The van der Waals surface area contributed by atoms with Crippen LogP contribution in [0.4, 0.5) is 0 Å². The van der Waals surface area contributed by atoms with Crippen LogP contribution in [0.15, 0.2) is 30.6 Å². The molecule has 0 N–H and O–H groups in total. The maximum absolute atomic E-state index is 8.96. The van der Waals surface area contributed by atoms with E-state index in [2.05, 4.69) is 9.97 Å². The smallest absolute Gasteiger partial charge is 0.147 e. The number of aryl methyl sites for hydroxylation is 1. The van der Waals surface area contributed by atoms with Gasteiger partial charge in [0, 0.05) is 29.2 Å². The molecule has 4 heteroatoms. The largest absolute Gasteiger partial charge is 0.264 e. The molecular weight excluding hydrogens is 234 g/mol. The van der Waals surface area contributed by atoms with Gasteiger partial charge in [-0.25, -0.2) is 4.98 Å². The second-order valence-corrected chi connectivity index (χ2v) is 3.89. The molecule has 0 amide bonds. The monoisotopic (exact) mass is 243 g/mol. The number of hydrogen-bond acceptors (Lipinski definition) is 3. The van der Waals surface area contributed by atoms with Crippen molar-refractivity contribution in [2.45, 2.75) is 13.3 Å². The van der Waals surface area contributed by atoms with Gasteiger partial charge in [0.1, 0.15) is 11.2 Å². The van der Waals surface area contributed by atoms with Gasteiger partial charge in [-0.15, -0.1) is 0 Å². The molecule has 17 heavy (non-hydrogen) atoms. The predicted octanol–water partition coefficient (Wildman–Crippen LogP) is 3.23. The summed E-state index contributed by atoms with van der Waals surface area (Å²) < 4.78 is 0. The van der Waals surface area contributed by atoms with Gasteiger partial charge in [0.15, 0.2) is 0 Å². The lowest BCUT2D eigenvalue weighted by atomic mass is 10.0. The van der Waals surface area contributed by atoms with E-state index in [9.17, 15) is 0 Å². The van der Waals surface area contributed by atoms with Crippen molar-refractivity contribution in [2.24, 2.45) is 0 Å². The average Bonchev–Trinajstić information content (AvgIpc) is 2.39. The molecule has 0 spiro atoms. The fraction of sp³-hybridized carbons (Fsp3) is 0.154. The Morgan fingerprint density at radius 1 is 1.47 bits per heavy atom. The first kappa shape index (κ1) is 11.6. The van der Waals surface area contributed by atoms with Gasteiger partial charge in [0.2, 0.25) is 0 Å². The summed E-state index contributed by atoms with van der Waals surface area (Å²) in [5.41, 5.74) is 3.14. The number of nitrogens with zero attached hydrogens (tertiary/aromatic N) is 3. The minimum Gasteiger partial charge on any atom is -0.264 e. The SMILES string of the molecule is CCc1nc(Cl)c(C#N)cc1-c1cccnc1. The molecule has 0 aliphatic heterocycles. The Hall–Kier alpha value is -1.92. The minimum absolute atomic E-state index is 0.261. The van der Waals surface area contributed by atoms with E-state index < -0.39 is 0 Å². The number of hydrogen-bond donors (Lipinski definition) is 0. The van der Waals surface area contributed by atoms with Crippen molar-refractivity contribution >= 4 is 11.6 Å². The quantitative estimate of drug-likeness (QED) is 0.761. The van der Waals surface area contributed by atoms with Crippen LogP contribution in [0.1, 0.15) is 18.2 Å². The molecule has 0 aliphatic carbocycles. The van der Waals surface area contributed by atoms with E-state index in [1.54, 1.807) is 18.5 Å². The Morgan fingerprint density at radius 3 is 2.88 bits per heavy atom. The lowest BCUT2D eigenvalue weighted by Crippen LogP contribution is -1.96. The predicted molar refractivity (Wildman–Crippen MR) is 66.6 cm³/mol. The van der Waals surface area contributed by atoms with Crippen molar-refractivity contribution in [1.82, 2.24) is 9.97 Å². The molecule has 2 heterocycles. The van der Waals surface area contributed by atoms with Crippen LogP contribution in [0.3, 0.4) is 0 Å². The zero-order chi connectivity index (χ0) is 12.3. The number of halogens is 1. The van der Waals surface area contributed by atoms with Crippen molar-refractivity contribution < 1.29 is 0 Å². The zero-order valence-corrected chi connectivity index (χ0v) is 10.1. The summed E-state index contributed by atoms with van der Waals surface area (Å²) in [6.45, 7) is 2.00. The first-order chi connectivity index (χ1) is 8.26. The van der Waals surface area contributed by atoms with Crippen LogP contribution < -0.4 is 0 Å². The van der Waals surface area contributed by atoms with Gasteiger partial charge < -0.3 is 0 Å². The van der Waals surface area contributed by atoms with Gasteiger partial charge >= 0.3 is 0 Å². The molecule has 84 valence electrons. The molecule has 0 unspecified atom stereocenters. The van der Waals surface area contributed by atoms with Crippen LogP contribution in [0.25, 0.3) is 11.1 Å². The third-order valence-electron chi connectivity index (χ3n) is 2.48. The van der Waals surface area contributed by atoms with E-state index in [0.717, 1.165) is 23.2 Å². The van der Waals surface area contributed by atoms with Gasteiger partial charge in [-0.05, 0) is 18.6 Å². The highest BCUT2D eigenvalue weighted by Gasteiger charge is 2.10. The fourth-order valence-corrected chi connectivity index (χ4v) is 1.84. The molecular formula is C13H10ClN3. The van der Waals surface area contributed by atoms with E-state index in [-0.39, 0.29) is 5.15 Å². The van der Waals surface area contributed by atoms with E-state index in [1.165, 1.54) is 0 Å². The second-order valence-electron chi connectivity index (χ2n) is 3.53. The van der Waals surface area contributed by atoms with Crippen molar-refractivity contribution in [2.75, 3.05) is 0 Å². The fourth-order valence-electron chi connectivity index (χ4n) is 1.65. The lowest BCUT2D eigenvalue weighted by molar-refractivity contribution is 1.03. The summed E-state index contributed by atoms with van der Waals surface area (Å²) in [5, 5.41) is 9.22. The van der Waals surface area contributed by atoms with Crippen LogP contribution in [0.2, 0.25) is 5.15 Å². The molecule has 2 aromatic heterocycles. The topological polar surface area (TPSA) is 49.6 Å². The van der Waals surface area contributed by atoms with Crippen molar-refractivity contribution in [3.05, 3.63) is 47.0 Å². The van der Waals surface area contributed by atoms with Gasteiger partial charge in [-0.1, -0.05) is 24.6 Å². The Kier molecular flexibility index (Phi) is 3.36. The first-order valence-corrected chi connectivity index (χ1v) is 5.64. The summed E-state index contributed by atoms with van der Waals surface area (Å²) >= 11 is 5.92. The first-order valence-electron chi connectivity index (χ1n) is 5.26. The van der Waals surface area contributed by atoms with Gasteiger partial charge in [0.25, 0.3) is 0 Å². The highest BCUT2D eigenvalue weighted by atomic mass is 35.5. The number of aromatic nitrogens is 2. The molecule has 0 saturated heterocycles. The van der Waals surface area contributed by atoms with E-state index in [4.69, 9.17) is 16.9 Å². The molecule has 0 radical (unpaired) electrons. The van der Waals surface area contributed by atoms with E-state index in [0.29, 0.717) is 5.56 Å².